The summed E-state index contributed by atoms with van der Waals surface area (Å²) >= 11 is 0. The number of amides is 1. The van der Waals surface area contributed by atoms with E-state index >= 15 is 0 Å². The molecule has 1 fully saturated rings. The van der Waals surface area contributed by atoms with Crippen molar-refractivity contribution in [3.63, 3.8) is 0 Å². The van der Waals surface area contributed by atoms with Crippen LogP contribution in [-0.4, -0.2) is 60.1 Å². The number of pyridine rings is 1. The van der Waals surface area contributed by atoms with Gasteiger partial charge in [-0.3, -0.25) is 0 Å². The van der Waals surface area contributed by atoms with Crippen LogP contribution < -0.4 is 4.74 Å². The first-order chi connectivity index (χ1) is 16.4. The van der Waals surface area contributed by atoms with Crippen molar-refractivity contribution < 1.29 is 14.3 Å². The summed E-state index contributed by atoms with van der Waals surface area (Å²) in [6.07, 6.45) is 8.27. The number of carbonyl (C=O) groups excluding carboxylic acids is 1. The van der Waals surface area contributed by atoms with Gasteiger partial charge >= 0.3 is 6.09 Å². The van der Waals surface area contributed by atoms with Crippen LogP contribution in [0.4, 0.5) is 4.79 Å². The Hall–Kier alpha value is -3.88. The van der Waals surface area contributed by atoms with Crippen LogP contribution in [-0.2, 0) is 4.74 Å². The van der Waals surface area contributed by atoms with Crippen LogP contribution in [0, 0.1) is 0 Å². The van der Waals surface area contributed by atoms with E-state index in [9.17, 15) is 4.79 Å². The fourth-order valence-electron chi connectivity index (χ4n) is 4.07. The first-order valence-electron chi connectivity index (χ1n) is 11.4. The molecule has 9 heteroatoms. The molecule has 1 aliphatic rings. The Bertz CT molecular complexity index is 1270. The molecule has 0 spiro atoms. The molecule has 0 bridgehead atoms. The highest BCUT2D eigenvalue weighted by Gasteiger charge is 2.27. The largest absolute Gasteiger partial charge is 0.489 e. The summed E-state index contributed by atoms with van der Waals surface area (Å²) in [4.78, 5) is 22.6. The minimum Gasteiger partial charge on any atom is -0.489 e. The highest BCUT2D eigenvalue weighted by Crippen LogP contribution is 2.24. The number of likely N-dealkylation sites (tertiary alicyclic amines) is 1. The predicted octanol–water partition coefficient (Wildman–Crippen LogP) is 4.38. The number of carbonyl (C=O) groups is 1. The van der Waals surface area contributed by atoms with Crippen LogP contribution >= 0.6 is 0 Å². The first-order valence-corrected chi connectivity index (χ1v) is 11.4. The normalized spacial score (nSPS) is 15.0. The Morgan fingerprint density at radius 1 is 1.09 bits per heavy atom. The Morgan fingerprint density at radius 2 is 1.91 bits per heavy atom. The van der Waals surface area contributed by atoms with E-state index in [1.165, 1.54) is 6.33 Å². The van der Waals surface area contributed by atoms with Gasteiger partial charge in [-0.15, -0.1) is 0 Å². The summed E-state index contributed by atoms with van der Waals surface area (Å²) in [5.41, 5.74) is 1.53. The molecule has 0 atom stereocenters. The van der Waals surface area contributed by atoms with Crippen molar-refractivity contribution in [1.29, 1.82) is 0 Å². The average molecular weight is 461 g/mol. The molecule has 0 N–H and O–H groups in total. The van der Waals surface area contributed by atoms with Gasteiger partial charge in [-0.2, -0.15) is 5.10 Å². The second-order valence-electron chi connectivity index (χ2n) is 9.41. The van der Waals surface area contributed by atoms with Gasteiger partial charge in [0.05, 0.1) is 17.4 Å². The maximum atomic E-state index is 12.2. The lowest BCUT2D eigenvalue weighted by molar-refractivity contribution is 0.0126. The summed E-state index contributed by atoms with van der Waals surface area (Å²) in [5, 5.41) is 5.28. The number of aromatic nitrogens is 5. The molecule has 5 rings (SSSR count). The third-order valence-electron chi connectivity index (χ3n) is 5.72. The van der Waals surface area contributed by atoms with Crippen LogP contribution in [0.25, 0.3) is 22.4 Å². The van der Waals surface area contributed by atoms with Crippen molar-refractivity contribution in [2.24, 2.45) is 0 Å². The van der Waals surface area contributed by atoms with Gasteiger partial charge in [0.15, 0.2) is 0 Å². The minimum absolute atomic E-state index is 0.0500. The van der Waals surface area contributed by atoms with Crippen LogP contribution in [0.3, 0.4) is 0 Å². The molecule has 4 aromatic rings. The summed E-state index contributed by atoms with van der Waals surface area (Å²) in [7, 11) is 0. The molecule has 1 saturated heterocycles. The number of benzene rings is 1. The molecular formula is C25H28N6O3. The van der Waals surface area contributed by atoms with Crippen LogP contribution in [0.2, 0.25) is 0 Å². The van der Waals surface area contributed by atoms with Gasteiger partial charge in [0.1, 0.15) is 35.9 Å². The molecule has 176 valence electrons. The molecule has 0 aliphatic carbocycles. The molecule has 3 aromatic heterocycles. The number of nitrogens with zero attached hydrogens (tertiary/aromatic N) is 6. The third kappa shape index (κ3) is 4.73. The number of piperidine rings is 1. The summed E-state index contributed by atoms with van der Waals surface area (Å²) in [5.74, 6) is 1.54. The minimum atomic E-state index is -0.484. The summed E-state index contributed by atoms with van der Waals surface area (Å²) < 4.78 is 15.4. The first kappa shape index (κ1) is 21.9. The monoisotopic (exact) mass is 460 g/mol. The van der Waals surface area contributed by atoms with E-state index in [2.05, 4.69) is 33.3 Å². The van der Waals surface area contributed by atoms with Gasteiger partial charge in [0.25, 0.3) is 0 Å². The Morgan fingerprint density at radius 3 is 2.59 bits per heavy atom. The molecule has 34 heavy (non-hydrogen) atoms. The van der Waals surface area contributed by atoms with Gasteiger partial charge in [-0.25, -0.2) is 19.4 Å². The second kappa shape index (κ2) is 8.81. The number of ether oxygens (including phenoxy) is 2. The van der Waals surface area contributed by atoms with Gasteiger partial charge < -0.3 is 18.9 Å². The van der Waals surface area contributed by atoms with E-state index in [-0.39, 0.29) is 12.2 Å². The van der Waals surface area contributed by atoms with E-state index < -0.39 is 5.60 Å². The smallest absolute Gasteiger partial charge is 0.410 e. The number of hydrogen-bond acceptors (Lipinski definition) is 6. The Kier molecular flexibility index (Phi) is 5.69. The average Bonchev–Trinajstić information content (AvgIpc) is 3.49. The summed E-state index contributed by atoms with van der Waals surface area (Å²) in [6.45, 7) is 6.88. The van der Waals surface area contributed by atoms with Crippen LogP contribution in [0.1, 0.15) is 33.6 Å². The van der Waals surface area contributed by atoms with Crippen molar-refractivity contribution in [2.45, 2.75) is 45.3 Å². The lowest BCUT2D eigenvalue weighted by Crippen LogP contribution is -2.44. The fourth-order valence-corrected chi connectivity index (χ4v) is 4.07. The lowest BCUT2D eigenvalue weighted by Gasteiger charge is -2.33. The fraction of sp³-hybridized carbons (Fsp3) is 0.360. The zero-order valence-corrected chi connectivity index (χ0v) is 19.6. The van der Waals surface area contributed by atoms with Crippen molar-refractivity contribution in [2.75, 3.05) is 13.1 Å². The quantitative estimate of drug-likeness (QED) is 0.449. The molecule has 1 amide bonds. The zero-order chi connectivity index (χ0) is 23.7. The number of rotatable bonds is 4. The maximum Gasteiger partial charge on any atom is 0.410 e. The molecule has 0 saturated carbocycles. The molecule has 0 radical (unpaired) electrons. The summed E-state index contributed by atoms with van der Waals surface area (Å²) in [6, 6.07) is 12.1. The third-order valence-corrected chi connectivity index (χ3v) is 5.72. The highest BCUT2D eigenvalue weighted by atomic mass is 16.6. The molecule has 1 aromatic carbocycles. The standard InChI is InChI=1S/C25H28N6O3/c1-25(2,3)34-24(32)29-11-9-20(10-12-29)33-21-5-7-23(27-15-21)30-13-8-18-14-19(4-6-22(18)30)31-17-26-16-28-31/h4-8,13-17,20H,9-12H2,1-3H3. The van der Waals surface area contributed by atoms with Gasteiger partial charge in [0, 0.05) is 37.5 Å². The van der Waals surface area contributed by atoms with Crippen LogP contribution in [0.5, 0.6) is 5.75 Å². The van der Waals surface area contributed by atoms with Gasteiger partial charge in [0.2, 0.25) is 0 Å². The van der Waals surface area contributed by atoms with E-state index in [1.807, 2.05) is 49.7 Å². The van der Waals surface area contributed by atoms with E-state index in [0.717, 1.165) is 41.0 Å². The molecule has 1 aliphatic heterocycles. The lowest BCUT2D eigenvalue weighted by atomic mass is 10.1. The Balaban J connectivity index is 1.22. The Labute approximate surface area is 197 Å². The molecular weight excluding hydrogens is 432 g/mol. The number of fused-ring (bicyclic) bond motifs is 1. The maximum absolute atomic E-state index is 12.2. The molecule has 4 heterocycles. The highest BCUT2D eigenvalue weighted by molar-refractivity contribution is 5.83. The van der Waals surface area contributed by atoms with Crippen LogP contribution in [0.15, 0.2) is 61.4 Å². The molecule has 9 nitrogen and oxygen atoms in total. The SMILES string of the molecule is CC(C)(C)OC(=O)N1CCC(Oc2ccc(-n3ccc4cc(-n5cncn5)ccc43)nc2)CC1. The van der Waals surface area contributed by atoms with E-state index in [4.69, 9.17) is 9.47 Å². The number of hydrogen-bond donors (Lipinski definition) is 0. The predicted molar refractivity (Wildman–Crippen MR) is 127 cm³/mol. The van der Waals surface area contributed by atoms with E-state index in [0.29, 0.717) is 13.1 Å². The van der Waals surface area contributed by atoms with Crippen molar-refractivity contribution >= 4 is 17.0 Å². The van der Waals surface area contributed by atoms with Crippen molar-refractivity contribution in [1.82, 2.24) is 29.2 Å². The van der Waals surface area contributed by atoms with E-state index in [1.54, 1.807) is 22.1 Å². The van der Waals surface area contributed by atoms with Gasteiger partial charge in [-0.05, 0) is 57.2 Å². The second-order valence-corrected chi connectivity index (χ2v) is 9.41. The van der Waals surface area contributed by atoms with Crippen molar-refractivity contribution in [3.8, 4) is 17.3 Å². The topological polar surface area (TPSA) is 87.3 Å². The van der Waals surface area contributed by atoms with Gasteiger partial charge in [-0.1, -0.05) is 0 Å². The zero-order valence-electron chi connectivity index (χ0n) is 19.6. The van der Waals surface area contributed by atoms with Crippen molar-refractivity contribution in [3.05, 3.63) is 61.4 Å². The molecule has 0 unspecified atom stereocenters.